The van der Waals surface area contributed by atoms with Crippen LogP contribution in [-0.4, -0.2) is 46.2 Å². The van der Waals surface area contributed by atoms with E-state index < -0.39 is 42.1 Å². The van der Waals surface area contributed by atoms with Crippen LogP contribution in [0.3, 0.4) is 0 Å². The molecule has 0 spiro atoms. The second-order valence-electron chi connectivity index (χ2n) is 6.27. The van der Waals surface area contributed by atoms with Crippen LogP contribution in [0.5, 0.6) is 0 Å². The lowest BCUT2D eigenvalue weighted by Crippen LogP contribution is -2.43. The zero-order valence-electron chi connectivity index (χ0n) is 15.3. The molecule has 2 amide bonds. The summed E-state index contributed by atoms with van der Waals surface area (Å²) in [5.41, 5.74) is 3.08. The van der Waals surface area contributed by atoms with Crippen molar-refractivity contribution < 1.29 is 24.2 Å². The number of nitrogens with one attached hydrogen (secondary N) is 2. The van der Waals surface area contributed by atoms with E-state index in [0.29, 0.717) is 12.1 Å². The lowest BCUT2D eigenvalue weighted by molar-refractivity contribution is -0.124. The van der Waals surface area contributed by atoms with Gasteiger partial charge in [-0.25, -0.2) is 4.39 Å². The van der Waals surface area contributed by atoms with E-state index in [2.05, 4.69) is 10.6 Å². The zero-order valence-corrected chi connectivity index (χ0v) is 16.8. The van der Waals surface area contributed by atoms with Gasteiger partial charge in [0, 0.05) is 6.54 Å². The average molecular weight is 443 g/mol. The van der Waals surface area contributed by atoms with E-state index in [1.807, 2.05) is 24.3 Å². The maximum Gasteiger partial charge on any atom is 0.253 e. The molecule has 0 saturated carbocycles. The Morgan fingerprint density at radius 3 is 2.03 bits per heavy atom. The molecule has 0 aromatic heterocycles. The summed E-state index contributed by atoms with van der Waals surface area (Å²) in [6.45, 7) is -1.22. The average Bonchev–Trinajstić information content (AvgIpc) is 2.75. The second kappa shape index (κ2) is 11.1. The number of carbonyl (C=O) groups is 2. The minimum atomic E-state index is -1.35. The molecule has 0 aliphatic rings. The molecule has 4 N–H and O–H groups in total. The Bertz CT molecular complexity index is 816. The second-order valence-corrected chi connectivity index (χ2v) is 7.36. The van der Waals surface area contributed by atoms with Crippen molar-refractivity contribution >= 4 is 35.0 Å². The van der Waals surface area contributed by atoms with Crippen molar-refractivity contribution in [3.05, 3.63) is 59.7 Å². The summed E-state index contributed by atoms with van der Waals surface area (Å²) in [5.74, 6) is -1.22. The highest BCUT2D eigenvalue weighted by atomic mass is 35.5. The van der Waals surface area contributed by atoms with Crippen LogP contribution in [0.2, 0.25) is 0 Å². The molecule has 2 aromatic rings. The quantitative estimate of drug-likeness (QED) is 0.447. The maximum absolute atomic E-state index is 13.2. The van der Waals surface area contributed by atoms with Crippen LogP contribution in [0.1, 0.15) is 17.2 Å². The van der Waals surface area contributed by atoms with Crippen LogP contribution in [-0.2, 0) is 16.1 Å². The summed E-state index contributed by atoms with van der Waals surface area (Å²) in [7, 11) is 0. The summed E-state index contributed by atoms with van der Waals surface area (Å²) in [6.07, 6.45) is -1.26. The van der Waals surface area contributed by atoms with Gasteiger partial charge in [0.05, 0.1) is 6.04 Å². The maximum atomic E-state index is 13.2. The minimum Gasteiger partial charge on any atom is -0.387 e. The van der Waals surface area contributed by atoms with Crippen molar-refractivity contribution in [2.45, 2.75) is 23.5 Å². The van der Waals surface area contributed by atoms with Crippen LogP contribution in [0, 0.1) is 0 Å². The molecule has 156 valence electrons. The van der Waals surface area contributed by atoms with Crippen molar-refractivity contribution in [2.75, 3.05) is 13.3 Å². The standard InChI is InChI=1S/C20H21Cl2FN2O4/c21-19(22)20(29)25-16(9-23)18(28)15-7-5-14(6-8-15)13-3-1-12(2-4-13)10-24-17(27)11-26/h1-8,16,18-19,26,28H,9-11H2,(H,24,27)(H,25,29). The Balaban J connectivity index is 2.05. The monoisotopic (exact) mass is 442 g/mol. The van der Waals surface area contributed by atoms with E-state index in [0.717, 1.165) is 16.7 Å². The van der Waals surface area contributed by atoms with E-state index in [4.69, 9.17) is 28.3 Å². The van der Waals surface area contributed by atoms with Gasteiger partial charge in [-0.05, 0) is 22.3 Å². The van der Waals surface area contributed by atoms with Gasteiger partial charge < -0.3 is 20.8 Å². The molecule has 29 heavy (non-hydrogen) atoms. The number of carbonyl (C=O) groups excluding carboxylic acids is 2. The predicted octanol–water partition coefficient (Wildman–Crippen LogP) is 2.25. The van der Waals surface area contributed by atoms with Gasteiger partial charge in [0.2, 0.25) is 5.91 Å². The van der Waals surface area contributed by atoms with Crippen LogP contribution in [0.15, 0.2) is 48.5 Å². The molecule has 6 nitrogen and oxygen atoms in total. The van der Waals surface area contributed by atoms with Gasteiger partial charge in [0.15, 0.2) is 4.84 Å². The number of rotatable bonds is 9. The largest absolute Gasteiger partial charge is 0.387 e. The Labute approximate surface area is 177 Å². The summed E-state index contributed by atoms with van der Waals surface area (Å²) in [5, 5.41) is 23.9. The fourth-order valence-corrected chi connectivity index (χ4v) is 2.75. The zero-order chi connectivity index (χ0) is 21.4. The first-order chi connectivity index (χ1) is 13.8. The number of aliphatic hydroxyl groups is 2. The van der Waals surface area contributed by atoms with Gasteiger partial charge in [0.1, 0.15) is 19.4 Å². The number of alkyl halides is 3. The molecule has 0 fully saturated rings. The Morgan fingerprint density at radius 2 is 1.55 bits per heavy atom. The van der Waals surface area contributed by atoms with Gasteiger partial charge in [-0.1, -0.05) is 71.7 Å². The van der Waals surface area contributed by atoms with E-state index in [1.165, 1.54) is 0 Å². The highest BCUT2D eigenvalue weighted by Gasteiger charge is 2.25. The number of hydrogen-bond donors (Lipinski definition) is 4. The summed E-state index contributed by atoms with van der Waals surface area (Å²) in [4.78, 5) is 21.3. The topological polar surface area (TPSA) is 98.7 Å². The Morgan fingerprint density at radius 1 is 1.00 bits per heavy atom. The van der Waals surface area contributed by atoms with Crippen molar-refractivity contribution in [3.63, 3.8) is 0 Å². The molecular weight excluding hydrogens is 422 g/mol. The van der Waals surface area contributed by atoms with Gasteiger partial charge in [-0.15, -0.1) is 0 Å². The first-order valence-electron chi connectivity index (χ1n) is 8.75. The first kappa shape index (κ1) is 23.1. The molecule has 0 radical (unpaired) electrons. The number of amides is 2. The smallest absolute Gasteiger partial charge is 0.253 e. The Kier molecular flexibility index (Phi) is 8.85. The SMILES string of the molecule is O=C(CO)NCc1ccc(-c2ccc(C(O)C(CF)NC(=O)C(Cl)Cl)cc2)cc1. The third kappa shape index (κ3) is 6.68. The molecule has 9 heteroatoms. The third-order valence-electron chi connectivity index (χ3n) is 4.25. The highest BCUT2D eigenvalue weighted by Crippen LogP contribution is 2.24. The lowest BCUT2D eigenvalue weighted by atomic mass is 9.98. The van der Waals surface area contributed by atoms with Gasteiger partial charge >= 0.3 is 0 Å². The van der Waals surface area contributed by atoms with E-state index in [-0.39, 0.29) is 0 Å². The number of hydrogen-bond acceptors (Lipinski definition) is 4. The van der Waals surface area contributed by atoms with Gasteiger partial charge in [-0.3, -0.25) is 9.59 Å². The van der Waals surface area contributed by atoms with E-state index >= 15 is 0 Å². The molecule has 0 saturated heterocycles. The van der Waals surface area contributed by atoms with Crippen LogP contribution in [0.4, 0.5) is 4.39 Å². The van der Waals surface area contributed by atoms with Crippen molar-refractivity contribution in [1.82, 2.24) is 10.6 Å². The fraction of sp³-hybridized carbons (Fsp3) is 0.300. The molecule has 0 bridgehead atoms. The van der Waals surface area contributed by atoms with Crippen molar-refractivity contribution in [2.24, 2.45) is 0 Å². The van der Waals surface area contributed by atoms with Gasteiger partial charge in [-0.2, -0.15) is 0 Å². The fourth-order valence-electron chi connectivity index (χ4n) is 2.62. The number of aliphatic hydroxyl groups excluding tert-OH is 2. The normalized spacial score (nSPS) is 13.0. The van der Waals surface area contributed by atoms with Crippen molar-refractivity contribution in [1.29, 1.82) is 0 Å². The molecule has 2 aromatic carbocycles. The number of halogens is 3. The summed E-state index contributed by atoms with van der Waals surface area (Å²) in [6, 6.07) is 13.1. The van der Waals surface area contributed by atoms with Crippen LogP contribution < -0.4 is 10.6 Å². The van der Waals surface area contributed by atoms with Crippen LogP contribution >= 0.6 is 23.2 Å². The molecule has 0 heterocycles. The molecule has 2 atom stereocenters. The third-order valence-corrected chi connectivity index (χ3v) is 4.64. The molecular formula is C20H21Cl2FN2O4. The first-order valence-corrected chi connectivity index (χ1v) is 9.62. The highest BCUT2D eigenvalue weighted by molar-refractivity contribution is 6.53. The minimum absolute atomic E-state index is 0.312. The molecule has 0 aliphatic heterocycles. The van der Waals surface area contributed by atoms with Crippen molar-refractivity contribution in [3.8, 4) is 11.1 Å². The lowest BCUT2D eigenvalue weighted by Gasteiger charge is -2.22. The predicted molar refractivity (Wildman–Crippen MR) is 109 cm³/mol. The Hall–Kier alpha value is -2.19. The molecule has 2 unspecified atom stereocenters. The van der Waals surface area contributed by atoms with Crippen LogP contribution in [0.25, 0.3) is 11.1 Å². The van der Waals surface area contributed by atoms with E-state index in [9.17, 15) is 19.1 Å². The molecule has 2 rings (SSSR count). The van der Waals surface area contributed by atoms with E-state index in [1.54, 1.807) is 24.3 Å². The van der Waals surface area contributed by atoms with Gasteiger partial charge in [0.25, 0.3) is 5.91 Å². The summed E-state index contributed by atoms with van der Waals surface area (Å²) >= 11 is 10.9. The summed E-state index contributed by atoms with van der Waals surface area (Å²) < 4.78 is 13.2. The number of benzene rings is 2. The molecule has 0 aliphatic carbocycles.